The number of ether oxygens (including phenoxy) is 5. The van der Waals surface area contributed by atoms with Crippen molar-refractivity contribution in [3.05, 3.63) is 52.7 Å². The molecule has 1 spiro atoms. The Labute approximate surface area is 201 Å². The number of para-hydroxylation sites is 2. The van der Waals surface area contributed by atoms with Gasteiger partial charge in [0, 0.05) is 23.8 Å². The van der Waals surface area contributed by atoms with E-state index in [1.807, 2.05) is 31.2 Å². The highest BCUT2D eigenvalue weighted by atomic mass is 35.5. The number of carbonyl (C=O) groups excluding carboxylic acids is 2. The quantitative estimate of drug-likeness (QED) is 0.642. The van der Waals surface area contributed by atoms with Crippen LogP contribution in [-0.4, -0.2) is 50.6 Å². The second-order valence-corrected chi connectivity index (χ2v) is 8.86. The molecule has 5 rings (SSSR count). The molecule has 2 aromatic carbocycles. The molecule has 3 atom stereocenters. The second kappa shape index (κ2) is 8.43. The monoisotopic (exact) mass is 485 g/mol. The number of nitrogens with one attached hydrogen (secondary N) is 1. The lowest BCUT2D eigenvalue weighted by atomic mass is 9.74. The van der Waals surface area contributed by atoms with Gasteiger partial charge < -0.3 is 29.0 Å². The number of rotatable bonds is 5. The van der Waals surface area contributed by atoms with Gasteiger partial charge in [-0.2, -0.15) is 0 Å². The van der Waals surface area contributed by atoms with E-state index in [9.17, 15) is 9.59 Å². The fraction of sp³-hybridized carbons (Fsp3) is 0.360. The summed E-state index contributed by atoms with van der Waals surface area (Å²) in [5, 5.41) is 3.41. The number of carbonyl (C=O) groups is 2. The van der Waals surface area contributed by atoms with E-state index < -0.39 is 23.1 Å². The molecule has 2 heterocycles. The Hall–Kier alpha value is -3.39. The van der Waals surface area contributed by atoms with Gasteiger partial charge >= 0.3 is 0 Å². The third-order valence-electron chi connectivity index (χ3n) is 6.43. The lowest BCUT2D eigenvalue weighted by Crippen LogP contribution is -2.55. The van der Waals surface area contributed by atoms with Crippen LogP contribution in [0.15, 0.2) is 42.1 Å². The van der Waals surface area contributed by atoms with Gasteiger partial charge in [-0.1, -0.05) is 30.7 Å². The van der Waals surface area contributed by atoms with Crippen LogP contribution in [0.2, 0.25) is 5.02 Å². The van der Waals surface area contributed by atoms with Gasteiger partial charge in [-0.15, -0.1) is 0 Å². The maximum absolute atomic E-state index is 13.5. The SMILES string of the molecule is COc1cc(OC)c2c(c1Cl)O[C@@]1(C(=O)C=C(NC[C@H]3COc4ccccc4O3)C[C@H]1C)C2=O. The predicted molar refractivity (Wildman–Crippen MR) is 123 cm³/mol. The summed E-state index contributed by atoms with van der Waals surface area (Å²) in [6.45, 7) is 2.64. The molecule has 3 aliphatic rings. The summed E-state index contributed by atoms with van der Waals surface area (Å²) >= 11 is 6.42. The Balaban J connectivity index is 1.36. The zero-order valence-corrected chi connectivity index (χ0v) is 19.7. The number of Topliss-reactive ketones (excluding diaryl/α,β-unsaturated/α-hetero) is 1. The summed E-state index contributed by atoms with van der Waals surface area (Å²) in [7, 11) is 2.89. The molecule has 0 radical (unpaired) electrons. The minimum absolute atomic E-state index is 0.110. The molecule has 2 aliphatic heterocycles. The number of methoxy groups -OCH3 is 2. The molecule has 0 bridgehead atoms. The Morgan fingerprint density at radius 1 is 1.15 bits per heavy atom. The van der Waals surface area contributed by atoms with E-state index in [2.05, 4.69) is 5.32 Å². The van der Waals surface area contributed by atoms with Crippen LogP contribution in [0.5, 0.6) is 28.7 Å². The van der Waals surface area contributed by atoms with Crippen molar-refractivity contribution in [2.45, 2.75) is 25.0 Å². The summed E-state index contributed by atoms with van der Waals surface area (Å²) < 4.78 is 28.4. The fourth-order valence-electron chi connectivity index (χ4n) is 4.66. The minimum Gasteiger partial charge on any atom is -0.496 e. The standard InChI is InChI=1S/C25H24ClNO7/c1-13-8-14(27-11-15-12-32-16-6-4-5-7-17(16)33-15)9-20(28)25(13)24(29)21-18(30-2)10-19(31-3)22(26)23(21)34-25/h4-7,9-10,13,15,27H,8,11-12H2,1-3H3/t13-,15+,25+/m1/s1. The molecule has 2 aromatic rings. The van der Waals surface area contributed by atoms with Crippen molar-refractivity contribution in [3.8, 4) is 28.7 Å². The maximum Gasteiger partial charge on any atom is 0.236 e. The highest BCUT2D eigenvalue weighted by molar-refractivity contribution is 6.36. The number of allylic oxidation sites excluding steroid dienone is 1. The van der Waals surface area contributed by atoms with E-state index in [1.54, 1.807) is 0 Å². The molecule has 0 amide bonds. The summed E-state index contributed by atoms with van der Waals surface area (Å²) in [4.78, 5) is 26.9. The topological polar surface area (TPSA) is 92.3 Å². The Bertz CT molecular complexity index is 1210. The average Bonchev–Trinajstić information content (AvgIpc) is 3.16. The van der Waals surface area contributed by atoms with Crippen LogP contribution in [0.1, 0.15) is 23.7 Å². The zero-order chi connectivity index (χ0) is 24.0. The largest absolute Gasteiger partial charge is 0.496 e. The lowest BCUT2D eigenvalue weighted by Gasteiger charge is -2.35. The Kier molecular flexibility index (Phi) is 5.56. The van der Waals surface area contributed by atoms with Gasteiger partial charge in [0.05, 0.1) is 20.8 Å². The highest BCUT2D eigenvalue weighted by Gasteiger charge is 2.60. The first-order chi connectivity index (χ1) is 16.4. The van der Waals surface area contributed by atoms with E-state index in [-0.39, 0.29) is 28.2 Å². The Morgan fingerprint density at radius 2 is 1.88 bits per heavy atom. The number of hydrogen-bond acceptors (Lipinski definition) is 8. The summed E-state index contributed by atoms with van der Waals surface area (Å²) in [6, 6.07) is 9.00. The summed E-state index contributed by atoms with van der Waals surface area (Å²) in [5.74, 6) is 0.695. The number of halogens is 1. The van der Waals surface area contributed by atoms with Gasteiger partial charge in [-0.3, -0.25) is 9.59 Å². The molecule has 0 unspecified atom stereocenters. The summed E-state index contributed by atoms with van der Waals surface area (Å²) in [6.07, 6.45) is 1.63. The van der Waals surface area contributed by atoms with Crippen molar-refractivity contribution in [2.75, 3.05) is 27.4 Å². The van der Waals surface area contributed by atoms with Crippen molar-refractivity contribution < 1.29 is 33.3 Å². The molecular weight excluding hydrogens is 462 g/mol. The van der Waals surface area contributed by atoms with Crippen LogP contribution in [0, 0.1) is 5.92 Å². The molecular formula is C25H24ClNO7. The van der Waals surface area contributed by atoms with Gasteiger partial charge in [0.25, 0.3) is 0 Å². The fourth-order valence-corrected chi connectivity index (χ4v) is 4.93. The first kappa shape index (κ1) is 22.4. The van der Waals surface area contributed by atoms with Gasteiger partial charge in [-0.05, 0) is 18.6 Å². The first-order valence-electron chi connectivity index (χ1n) is 10.9. The van der Waals surface area contributed by atoms with Gasteiger partial charge in [0.15, 0.2) is 17.2 Å². The van der Waals surface area contributed by atoms with Gasteiger partial charge in [0.2, 0.25) is 17.2 Å². The van der Waals surface area contributed by atoms with Crippen LogP contribution in [-0.2, 0) is 4.79 Å². The first-order valence-corrected chi connectivity index (χ1v) is 11.3. The van der Waals surface area contributed by atoms with Crippen molar-refractivity contribution in [1.29, 1.82) is 0 Å². The van der Waals surface area contributed by atoms with Crippen LogP contribution >= 0.6 is 11.6 Å². The number of ketones is 2. The van der Waals surface area contributed by atoms with Crippen molar-refractivity contribution in [1.82, 2.24) is 5.32 Å². The molecule has 0 saturated carbocycles. The second-order valence-electron chi connectivity index (χ2n) is 8.48. The number of benzene rings is 2. The van der Waals surface area contributed by atoms with E-state index >= 15 is 0 Å². The molecule has 1 N–H and O–H groups in total. The minimum atomic E-state index is -1.69. The van der Waals surface area contributed by atoms with E-state index in [1.165, 1.54) is 26.4 Å². The van der Waals surface area contributed by atoms with Crippen molar-refractivity contribution in [3.63, 3.8) is 0 Å². The van der Waals surface area contributed by atoms with Gasteiger partial charge in [0.1, 0.15) is 34.8 Å². The van der Waals surface area contributed by atoms with E-state index in [4.69, 9.17) is 35.3 Å². The smallest absolute Gasteiger partial charge is 0.236 e. The Morgan fingerprint density at radius 3 is 2.59 bits per heavy atom. The highest BCUT2D eigenvalue weighted by Crippen LogP contribution is 2.52. The van der Waals surface area contributed by atoms with Gasteiger partial charge in [-0.25, -0.2) is 0 Å². The molecule has 178 valence electrons. The molecule has 9 heteroatoms. The molecule has 34 heavy (non-hydrogen) atoms. The normalized spacial score (nSPS) is 24.9. The molecule has 0 saturated heterocycles. The number of hydrogen-bond donors (Lipinski definition) is 1. The van der Waals surface area contributed by atoms with Crippen LogP contribution < -0.4 is 29.0 Å². The van der Waals surface area contributed by atoms with Crippen molar-refractivity contribution in [2.24, 2.45) is 5.92 Å². The third kappa shape index (κ3) is 3.36. The molecule has 0 fully saturated rings. The van der Waals surface area contributed by atoms with E-state index in [0.717, 1.165) is 0 Å². The molecule has 1 aliphatic carbocycles. The third-order valence-corrected chi connectivity index (χ3v) is 6.79. The molecule has 8 nitrogen and oxygen atoms in total. The lowest BCUT2D eigenvalue weighted by molar-refractivity contribution is -0.129. The number of fused-ring (bicyclic) bond motifs is 2. The van der Waals surface area contributed by atoms with Crippen LogP contribution in [0.3, 0.4) is 0 Å². The average molecular weight is 486 g/mol. The van der Waals surface area contributed by atoms with Crippen LogP contribution in [0.25, 0.3) is 0 Å². The van der Waals surface area contributed by atoms with E-state index in [0.29, 0.717) is 42.5 Å². The maximum atomic E-state index is 13.5. The van der Waals surface area contributed by atoms with Crippen LogP contribution in [0.4, 0.5) is 0 Å². The summed E-state index contributed by atoms with van der Waals surface area (Å²) in [5.41, 5.74) is -0.835. The zero-order valence-electron chi connectivity index (χ0n) is 19.0. The predicted octanol–water partition coefficient (Wildman–Crippen LogP) is 3.59. The van der Waals surface area contributed by atoms with Crippen molar-refractivity contribution >= 4 is 23.2 Å². The molecule has 0 aromatic heterocycles.